The first-order valence-corrected chi connectivity index (χ1v) is 10.7. The average molecular weight is 295 g/mol. The summed E-state index contributed by atoms with van der Waals surface area (Å²) >= 11 is 1.84. The average Bonchev–Trinajstić information content (AvgIpc) is 2.65. The van der Waals surface area contributed by atoms with Crippen LogP contribution >= 0.6 is 11.8 Å². The maximum absolute atomic E-state index is 10.6. The van der Waals surface area contributed by atoms with Crippen molar-refractivity contribution in [1.29, 1.82) is 0 Å². The van der Waals surface area contributed by atoms with E-state index in [1.165, 1.54) is 4.90 Å². The van der Waals surface area contributed by atoms with Crippen LogP contribution in [0.5, 0.6) is 0 Å². The molecule has 3 N–H and O–H groups in total. The summed E-state index contributed by atoms with van der Waals surface area (Å²) in [7, 11) is -1.08. The van der Waals surface area contributed by atoms with E-state index in [0.29, 0.717) is 0 Å². The van der Waals surface area contributed by atoms with Crippen LogP contribution in [-0.4, -0.2) is 34.6 Å². The quantitative estimate of drug-likeness (QED) is 0.594. The number of benzene rings is 1. The van der Waals surface area contributed by atoms with Crippen molar-refractivity contribution in [3.05, 3.63) is 18.2 Å². The molecular formula is C12H17N3O2SSi. The number of carbonyl (C=O) groups is 1. The summed E-state index contributed by atoms with van der Waals surface area (Å²) in [5.74, 6) is 0.259. The number of hydrogen-bond donors (Lipinski definition) is 3. The van der Waals surface area contributed by atoms with Crippen LogP contribution in [0.3, 0.4) is 0 Å². The lowest BCUT2D eigenvalue weighted by molar-refractivity contribution is 0.209. The number of carboxylic acid groups (broad SMARTS) is 1. The van der Waals surface area contributed by atoms with E-state index in [1.54, 1.807) is 0 Å². The fourth-order valence-electron chi connectivity index (χ4n) is 1.54. The van der Waals surface area contributed by atoms with Gasteiger partial charge in [0.15, 0.2) is 0 Å². The van der Waals surface area contributed by atoms with Crippen LogP contribution in [0.2, 0.25) is 19.6 Å². The zero-order chi connectivity index (χ0) is 14.0. The van der Waals surface area contributed by atoms with Gasteiger partial charge in [0, 0.05) is 4.90 Å². The number of H-pyrrole nitrogens is 1. The van der Waals surface area contributed by atoms with E-state index in [4.69, 9.17) is 5.11 Å². The molecule has 0 unspecified atom stereocenters. The highest BCUT2D eigenvalue weighted by Crippen LogP contribution is 2.25. The van der Waals surface area contributed by atoms with Crippen LogP contribution in [0, 0.1) is 0 Å². The highest BCUT2D eigenvalue weighted by atomic mass is 32.2. The number of aromatic amines is 1. The Kier molecular flexibility index (Phi) is 3.86. The highest BCUT2D eigenvalue weighted by molar-refractivity contribution is 8.01. The monoisotopic (exact) mass is 295 g/mol. The molecule has 0 atom stereocenters. The van der Waals surface area contributed by atoms with Crippen molar-refractivity contribution in [3.63, 3.8) is 0 Å². The summed E-state index contributed by atoms with van der Waals surface area (Å²) in [6.07, 6.45) is -1.12. The highest BCUT2D eigenvalue weighted by Gasteiger charge is 2.13. The third kappa shape index (κ3) is 4.00. The van der Waals surface area contributed by atoms with E-state index in [-0.39, 0.29) is 5.95 Å². The first kappa shape index (κ1) is 13.9. The third-order valence-electron chi connectivity index (χ3n) is 2.35. The summed E-state index contributed by atoms with van der Waals surface area (Å²) in [6.45, 7) is 7.01. The Labute approximate surface area is 116 Å². The predicted molar refractivity (Wildman–Crippen MR) is 81.8 cm³/mol. The minimum Gasteiger partial charge on any atom is -0.465 e. The van der Waals surface area contributed by atoms with Crippen LogP contribution in [0.25, 0.3) is 11.0 Å². The molecule has 2 rings (SSSR count). The summed E-state index contributed by atoms with van der Waals surface area (Å²) in [6, 6.07) is 5.96. The number of aromatic nitrogens is 2. The zero-order valence-corrected chi connectivity index (χ0v) is 13.0. The number of nitrogens with one attached hydrogen (secondary N) is 2. The molecule has 1 heterocycles. The number of imidazole rings is 1. The smallest absolute Gasteiger partial charge is 0.411 e. The second kappa shape index (κ2) is 5.26. The SMILES string of the molecule is C[Si](C)(C)CSc1ccc2[nH]c(NC(=O)O)nc2c1. The molecule has 0 aliphatic rings. The molecule has 0 bridgehead atoms. The van der Waals surface area contributed by atoms with Crippen molar-refractivity contribution in [1.82, 2.24) is 9.97 Å². The summed E-state index contributed by atoms with van der Waals surface area (Å²) in [5.41, 5.74) is 1.62. The van der Waals surface area contributed by atoms with Gasteiger partial charge in [-0.25, -0.2) is 9.78 Å². The van der Waals surface area contributed by atoms with E-state index < -0.39 is 14.2 Å². The van der Waals surface area contributed by atoms with Gasteiger partial charge in [0.25, 0.3) is 0 Å². The largest absolute Gasteiger partial charge is 0.465 e. The number of anilines is 1. The number of hydrogen-bond acceptors (Lipinski definition) is 3. The molecule has 102 valence electrons. The van der Waals surface area contributed by atoms with Crippen LogP contribution in [0.1, 0.15) is 0 Å². The molecular weight excluding hydrogens is 278 g/mol. The Bertz CT molecular complexity index is 607. The van der Waals surface area contributed by atoms with E-state index in [9.17, 15) is 4.79 Å². The molecule has 0 aliphatic carbocycles. The fraction of sp³-hybridized carbons (Fsp3) is 0.333. The molecule has 0 saturated heterocycles. The van der Waals surface area contributed by atoms with Crippen LogP contribution in [0.15, 0.2) is 23.1 Å². The molecule has 5 nitrogen and oxygen atoms in total. The first-order chi connectivity index (χ1) is 8.83. The van der Waals surface area contributed by atoms with Gasteiger partial charge in [-0.2, -0.15) is 0 Å². The van der Waals surface area contributed by atoms with Gasteiger partial charge in [0.05, 0.1) is 19.1 Å². The molecule has 0 spiro atoms. The van der Waals surface area contributed by atoms with Crippen LogP contribution in [0.4, 0.5) is 10.7 Å². The van der Waals surface area contributed by atoms with Gasteiger partial charge >= 0.3 is 6.09 Å². The Morgan fingerprint density at radius 3 is 2.84 bits per heavy atom. The topological polar surface area (TPSA) is 78.0 Å². The van der Waals surface area contributed by atoms with Gasteiger partial charge in [0.1, 0.15) is 0 Å². The molecule has 0 fully saturated rings. The molecule has 19 heavy (non-hydrogen) atoms. The van der Waals surface area contributed by atoms with Crippen molar-refractivity contribution in [2.24, 2.45) is 0 Å². The number of nitrogens with zero attached hydrogens (tertiary/aromatic N) is 1. The fourth-order valence-corrected chi connectivity index (χ4v) is 4.29. The van der Waals surface area contributed by atoms with Gasteiger partial charge in [-0.3, -0.25) is 5.32 Å². The molecule has 0 radical (unpaired) electrons. The summed E-state index contributed by atoms with van der Waals surface area (Å²) < 4.78 is 0. The minimum atomic E-state index is -1.12. The maximum Gasteiger partial charge on any atom is 0.411 e. The minimum absolute atomic E-state index is 0.259. The van der Waals surface area contributed by atoms with Crippen molar-refractivity contribution in [2.75, 3.05) is 10.7 Å². The Hall–Kier alpha value is -1.47. The lowest BCUT2D eigenvalue weighted by Gasteiger charge is -2.14. The second-order valence-electron chi connectivity index (χ2n) is 5.54. The van der Waals surface area contributed by atoms with Gasteiger partial charge in [-0.15, -0.1) is 11.8 Å². The van der Waals surface area contributed by atoms with Crippen molar-refractivity contribution >= 4 is 42.9 Å². The van der Waals surface area contributed by atoms with E-state index >= 15 is 0 Å². The molecule has 2 aromatic rings. The lowest BCUT2D eigenvalue weighted by atomic mass is 10.3. The normalized spacial score (nSPS) is 11.7. The standard InChI is InChI=1S/C12H17N3O2SSi/c1-19(2,3)7-18-8-4-5-9-10(6-8)14-11(13-9)15-12(16)17/h4-6H,7H2,1-3H3,(H,16,17)(H2,13,14,15). The molecule has 7 heteroatoms. The Morgan fingerprint density at radius 1 is 1.47 bits per heavy atom. The van der Waals surface area contributed by atoms with E-state index in [2.05, 4.69) is 34.9 Å². The first-order valence-electron chi connectivity index (χ1n) is 5.96. The molecule has 0 saturated carbocycles. The van der Waals surface area contributed by atoms with Gasteiger partial charge < -0.3 is 10.1 Å². The van der Waals surface area contributed by atoms with Crippen molar-refractivity contribution in [2.45, 2.75) is 24.5 Å². The lowest BCUT2D eigenvalue weighted by Crippen LogP contribution is -2.23. The van der Waals surface area contributed by atoms with Crippen LogP contribution in [-0.2, 0) is 0 Å². The van der Waals surface area contributed by atoms with Crippen molar-refractivity contribution < 1.29 is 9.90 Å². The maximum atomic E-state index is 10.6. The van der Waals surface area contributed by atoms with E-state index in [0.717, 1.165) is 16.4 Å². The van der Waals surface area contributed by atoms with Gasteiger partial charge in [-0.1, -0.05) is 19.6 Å². The predicted octanol–water partition coefficient (Wildman–Crippen LogP) is 3.62. The molecule has 1 amide bonds. The van der Waals surface area contributed by atoms with Gasteiger partial charge in [0.2, 0.25) is 5.95 Å². The summed E-state index contributed by atoms with van der Waals surface area (Å²) in [4.78, 5) is 18.9. The number of rotatable bonds is 4. The second-order valence-corrected chi connectivity index (χ2v) is 12.6. The number of amides is 1. The summed E-state index contributed by atoms with van der Waals surface area (Å²) in [5, 5.41) is 12.0. The molecule has 1 aromatic carbocycles. The Morgan fingerprint density at radius 2 is 2.21 bits per heavy atom. The van der Waals surface area contributed by atoms with Gasteiger partial charge in [-0.05, 0) is 23.6 Å². The third-order valence-corrected chi connectivity index (χ3v) is 6.98. The molecule has 0 aliphatic heterocycles. The van der Waals surface area contributed by atoms with E-state index in [1.807, 2.05) is 30.0 Å². The van der Waals surface area contributed by atoms with Crippen molar-refractivity contribution in [3.8, 4) is 0 Å². The zero-order valence-electron chi connectivity index (χ0n) is 11.2. The molecule has 1 aromatic heterocycles. The number of thioether (sulfide) groups is 1. The Balaban J connectivity index is 2.18. The van der Waals surface area contributed by atoms with Crippen LogP contribution < -0.4 is 5.32 Å². The number of fused-ring (bicyclic) bond motifs is 1.